The minimum absolute atomic E-state index is 0.00357. The number of benzene rings is 1. The molecular formula is C20H30N2O3. The van der Waals surface area contributed by atoms with Gasteiger partial charge in [-0.05, 0) is 56.8 Å². The fourth-order valence-corrected chi connectivity index (χ4v) is 5.56. The van der Waals surface area contributed by atoms with Crippen molar-refractivity contribution >= 4 is 0 Å². The number of nitrogens with zero attached hydrogens (tertiary/aromatic N) is 1. The number of aliphatic hydroxyl groups excluding tert-OH is 2. The lowest BCUT2D eigenvalue weighted by atomic mass is 9.65. The van der Waals surface area contributed by atoms with Gasteiger partial charge in [0.05, 0.1) is 19.3 Å². The molecule has 2 saturated heterocycles. The lowest BCUT2D eigenvalue weighted by Gasteiger charge is -2.57. The number of likely N-dealkylation sites (N-methyl/N-ethyl adjacent to an activating group) is 1. The summed E-state index contributed by atoms with van der Waals surface area (Å²) in [6.45, 7) is 0.983. The lowest BCUT2D eigenvalue weighted by Crippen LogP contribution is -2.66. The van der Waals surface area contributed by atoms with E-state index in [4.69, 9.17) is 4.74 Å². The van der Waals surface area contributed by atoms with Crippen LogP contribution in [-0.2, 0) is 6.42 Å². The maximum absolute atomic E-state index is 11.1. The second kappa shape index (κ2) is 6.54. The highest BCUT2D eigenvalue weighted by atomic mass is 16.5. The highest BCUT2D eigenvalue weighted by Crippen LogP contribution is 2.51. The summed E-state index contributed by atoms with van der Waals surface area (Å²) in [6.07, 6.45) is 3.87. The van der Waals surface area contributed by atoms with Crippen molar-refractivity contribution in [3.05, 3.63) is 29.8 Å². The topological polar surface area (TPSA) is 65.0 Å². The summed E-state index contributed by atoms with van der Waals surface area (Å²) in [5, 5.41) is 25.0. The quantitative estimate of drug-likeness (QED) is 0.764. The first-order valence-electron chi connectivity index (χ1n) is 9.49. The van der Waals surface area contributed by atoms with Gasteiger partial charge in [-0.3, -0.25) is 4.90 Å². The molecule has 138 valence electrons. The Morgan fingerprint density at radius 1 is 1.24 bits per heavy atom. The van der Waals surface area contributed by atoms with Crippen LogP contribution in [0.2, 0.25) is 0 Å². The van der Waals surface area contributed by atoms with Gasteiger partial charge in [0.25, 0.3) is 0 Å². The summed E-state index contributed by atoms with van der Waals surface area (Å²) >= 11 is 0. The van der Waals surface area contributed by atoms with Crippen LogP contribution in [0.25, 0.3) is 0 Å². The summed E-state index contributed by atoms with van der Waals surface area (Å²) in [4.78, 5) is 2.56. The predicted molar refractivity (Wildman–Crippen MR) is 96.7 cm³/mol. The molecule has 0 aromatic heterocycles. The van der Waals surface area contributed by atoms with Gasteiger partial charge in [-0.1, -0.05) is 12.1 Å². The number of rotatable bonds is 4. The van der Waals surface area contributed by atoms with Crippen LogP contribution < -0.4 is 10.1 Å². The zero-order valence-corrected chi connectivity index (χ0v) is 15.2. The zero-order chi connectivity index (χ0) is 17.6. The SMILES string of the molecule is CN[C@@H]1CN2[C@@H](Cc3ccc(OC)cc3)[C@@H](O)[C@@H]3C[C@@]2(CC[C@H]3O)C1. The first-order valence-corrected chi connectivity index (χ1v) is 9.49. The minimum Gasteiger partial charge on any atom is -0.497 e. The third-order valence-corrected chi connectivity index (χ3v) is 6.91. The molecule has 3 aliphatic rings. The first-order chi connectivity index (χ1) is 12.1. The van der Waals surface area contributed by atoms with E-state index < -0.39 is 6.10 Å². The first kappa shape index (κ1) is 17.3. The number of piperidine rings is 1. The Morgan fingerprint density at radius 2 is 2.00 bits per heavy atom. The third-order valence-electron chi connectivity index (χ3n) is 6.91. The molecule has 1 aromatic rings. The van der Waals surface area contributed by atoms with Crippen molar-refractivity contribution in [3.63, 3.8) is 0 Å². The van der Waals surface area contributed by atoms with Crippen molar-refractivity contribution in [1.29, 1.82) is 0 Å². The van der Waals surface area contributed by atoms with Gasteiger partial charge in [0.2, 0.25) is 0 Å². The van der Waals surface area contributed by atoms with Crippen LogP contribution in [0.5, 0.6) is 5.75 Å². The predicted octanol–water partition coefficient (Wildman–Crippen LogP) is 1.17. The molecule has 3 N–H and O–H groups in total. The normalized spacial score (nSPS) is 40.7. The molecule has 0 amide bonds. The Balaban J connectivity index is 1.62. The number of aliphatic hydroxyl groups is 2. The Kier molecular flexibility index (Phi) is 4.52. The van der Waals surface area contributed by atoms with E-state index in [1.165, 1.54) is 5.56 Å². The van der Waals surface area contributed by atoms with Gasteiger partial charge in [0.1, 0.15) is 5.75 Å². The molecule has 2 heterocycles. The largest absolute Gasteiger partial charge is 0.497 e. The summed E-state index contributed by atoms with van der Waals surface area (Å²) in [5.41, 5.74) is 1.36. The molecule has 3 fully saturated rings. The molecule has 2 bridgehead atoms. The van der Waals surface area contributed by atoms with Gasteiger partial charge < -0.3 is 20.3 Å². The number of ether oxygens (including phenoxy) is 1. The summed E-state index contributed by atoms with van der Waals surface area (Å²) in [7, 11) is 3.71. The molecule has 1 saturated carbocycles. The van der Waals surface area contributed by atoms with Crippen LogP contribution in [-0.4, -0.2) is 65.6 Å². The van der Waals surface area contributed by atoms with Gasteiger partial charge in [0, 0.05) is 30.1 Å². The van der Waals surface area contributed by atoms with E-state index in [0.29, 0.717) is 6.04 Å². The third kappa shape index (κ3) is 2.87. The average Bonchev–Trinajstić information content (AvgIpc) is 3.00. The van der Waals surface area contributed by atoms with Gasteiger partial charge in [0.15, 0.2) is 0 Å². The summed E-state index contributed by atoms with van der Waals surface area (Å²) in [5.74, 6) is 0.858. The average molecular weight is 346 g/mol. The van der Waals surface area contributed by atoms with Crippen molar-refractivity contribution in [3.8, 4) is 5.75 Å². The van der Waals surface area contributed by atoms with E-state index in [2.05, 4.69) is 22.3 Å². The maximum Gasteiger partial charge on any atom is 0.118 e. The summed E-state index contributed by atoms with van der Waals surface area (Å²) in [6, 6.07) is 8.68. The van der Waals surface area contributed by atoms with E-state index in [-0.39, 0.29) is 23.6 Å². The van der Waals surface area contributed by atoms with Crippen molar-refractivity contribution in [1.82, 2.24) is 10.2 Å². The standard InChI is InChI=1S/C20H30N2O3/c1-21-14-10-20-8-7-18(23)16(11-20)19(24)17(22(20)12-14)9-13-3-5-15(25-2)6-4-13/h3-6,14,16-19,21,23-24H,7-12H2,1-2H3/t14-,16+,17-,18+,19-,20+/m0/s1. The molecule has 0 unspecified atom stereocenters. The Hall–Kier alpha value is -1.14. The molecule has 25 heavy (non-hydrogen) atoms. The zero-order valence-electron chi connectivity index (χ0n) is 15.2. The number of hydrogen-bond donors (Lipinski definition) is 3. The van der Waals surface area contributed by atoms with E-state index in [0.717, 1.165) is 44.4 Å². The second-order valence-electron chi connectivity index (χ2n) is 8.15. The Bertz CT molecular complexity index is 607. The smallest absolute Gasteiger partial charge is 0.118 e. The second-order valence-corrected chi connectivity index (χ2v) is 8.15. The lowest BCUT2D eigenvalue weighted by molar-refractivity contribution is -0.146. The van der Waals surface area contributed by atoms with Gasteiger partial charge in [-0.2, -0.15) is 0 Å². The van der Waals surface area contributed by atoms with Crippen molar-refractivity contribution in [2.75, 3.05) is 20.7 Å². The van der Waals surface area contributed by atoms with E-state index in [1.54, 1.807) is 7.11 Å². The van der Waals surface area contributed by atoms with Crippen LogP contribution in [0, 0.1) is 5.92 Å². The number of methoxy groups -OCH3 is 1. The monoisotopic (exact) mass is 346 g/mol. The molecule has 1 spiro atoms. The number of nitrogens with one attached hydrogen (secondary N) is 1. The van der Waals surface area contributed by atoms with Gasteiger partial charge in [-0.15, -0.1) is 0 Å². The maximum atomic E-state index is 11.1. The van der Waals surface area contributed by atoms with Crippen LogP contribution in [0.3, 0.4) is 0 Å². The van der Waals surface area contributed by atoms with Crippen LogP contribution in [0.15, 0.2) is 24.3 Å². The number of hydrogen-bond acceptors (Lipinski definition) is 5. The minimum atomic E-state index is -0.471. The molecule has 5 nitrogen and oxygen atoms in total. The van der Waals surface area contributed by atoms with E-state index >= 15 is 0 Å². The van der Waals surface area contributed by atoms with Crippen LogP contribution in [0.4, 0.5) is 0 Å². The molecule has 4 rings (SSSR count). The molecular weight excluding hydrogens is 316 g/mol. The molecule has 5 heteroatoms. The molecule has 0 radical (unpaired) electrons. The highest BCUT2D eigenvalue weighted by molar-refractivity contribution is 5.28. The molecule has 2 aliphatic heterocycles. The summed E-state index contributed by atoms with van der Waals surface area (Å²) < 4.78 is 5.25. The molecule has 6 atom stereocenters. The van der Waals surface area contributed by atoms with Crippen LogP contribution >= 0.6 is 0 Å². The number of fused-ring (bicyclic) bond motifs is 1. The fourth-order valence-electron chi connectivity index (χ4n) is 5.56. The highest BCUT2D eigenvalue weighted by Gasteiger charge is 2.58. The van der Waals surface area contributed by atoms with E-state index in [1.807, 2.05) is 19.2 Å². The fraction of sp³-hybridized carbons (Fsp3) is 0.700. The Labute approximate surface area is 150 Å². The van der Waals surface area contributed by atoms with E-state index in [9.17, 15) is 10.2 Å². The van der Waals surface area contributed by atoms with Gasteiger partial charge >= 0.3 is 0 Å². The van der Waals surface area contributed by atoms with Crippen molar-refractivity contribution in [2.45, 2.75) is 61.9 Å². The van der Waals surface area contributed by atoms with Crippen molar-refractivity contribution < 1.29 is 14.9 Å². The van der Waals surface area contributed by atoms with Crippen molar-refractivity contribution in [2.24, 2.45) is 5.92 Å². The molecule has 1 aliphatic carbocycles. The van der Waals surface area contributed by atoms with Crippen LogP contribution in [0.1, 0.15) is 31.2 Å². The Morgan fingerprint density at radius 3 is 2.68 bits per heavy atom. The van der Waals surface area contributed by atoms with Gasteiger partial charge in [-0.25, -0.2) is 0 Å². The molecule has 1 aromatic carbocycles.